The van der Waals surface area contributed by atoms with Gasteiger partial charge in [0.1, 0.15) is 11.5 Å². The molecule has 0 unspecified atom stereocenters. The third-order valence-electron chi connectivity index (χ3n) is 3.72. The first-order valence-corrected chi connectivity index (χ1v) is 8.00. The van der Waals surface area contributed by atoms with Crippen molar-refractivity contribution in [2.45, 2.75) is 26.8 Å². The fraction of sp³-hybridized carbons (Fsp3) is 0.222. The molecule has 0 saturated heterocycles. The molecule has 1 N–H and O–H groups in total. The van der Waals surface area contributed by atoms with E-state index in [-0.39, 0.29) is 11.3 Å². The maximum atomic E-state index is 12.6. The number of aryl methyl sites for hydroxylation is 1. The maximum Gasteiger partial charge on any atom is 0.292 e. The lowest BCUT2D eigenvalue weighted by Gasteiger charge is -2.09. The van der Waals surface area contributed by atoms with Crippen molar-refractivity contribution in [2.75, 3.05) is 0 Å². The molecule has 2 heterocycles. The van der Waals surface area contributed by atoms with Gasteiger partial charge in [0.25, 0.3) is 11.5 Å². The predicted octanol–water partition coefficient (Wildman–Crippen LogP) is 2.55. The summed E-state index contributed by atoms with van der Waals surface area (Å²) < 4.78 is 6.55. The summed E-state index contributed by atoms with van der Waals surface area (Å²) in [4.78, 5) is 25.0. The number of nitrogens with one attached hydrogen (secondary N) is 1. The number of hydrazone groups is 1. The Hall–Kier alpha value is -3.22. The standard InChI is InChI=1S/C18H18N4O3/c1-3-10-22-18(24)14-8-5-4-7-13(14)16(21-22)17(23)20-19-12(2)15-9-6-11-25-15/h4-9,11H,3,10H2,1-2H3,(H,20,23)/b19-12+. The van der Waals surface area contributed by atoms with E-state index in [9.17, 15) is 9.59 Å². The molecule has 128 valence electrons. The normalized spacial score (nSPS) is 11.7. The van der Waals surface area contributed by atoms with Crippen molar-refractivity contribution >= 4 is 22.4 Å². The maximum absolute atomic E-state index is 12.6. The van der Waals surface area contributed by atoms with Crippen molar-refractivity contribution in [3.8, 4) is 0 Å². The van der Waals surface area contributed by atoms with Gasteiger partial charge >= 0.3 is 0 Å². The first-order chi connectivity index (χ1) is 12.1. The van der Waals surface area contributed by atoms with Gasteiger partial charge in [-0.25, -0.2) is 10.1 Å². The molecule has 0 radical (unpaired) electrons. The summed E-state index contributed by atoms with van der Waals surface area (Å²) in [6.45, 7) is 4.11. The van der Waals surface area contributed by atoms with Gasteiger partial charge in [-0.2, -0.15) is 10.2 Å². The molecule has 0 bridgehead atoms. The highest BCUT2D eigenvalue weighted by molar-refractivity contribution is 6.05. The number of amides is 1. The van der Waals surface area contributed by atoms with Gasteiger partial charge in [-0.05, 0) is 31.5 Å². The van der Waals surface area contributed by atoms with E-state index in [1.807, 2.05) is 6.92 Å². The molecule has 0 saturated carbocycles. The second-order valence-electron chi connectivity index (χ2n) is 5.54. The van der Waals surface area contributed by atoms with Gasteiger partial charge in [0.15, 0.2) is 5.69 Å². The summed E-state index contributed by atoms with van der Waals surface area (Å²) in [7, 11) is 0. The van der Waals surface area contributed by atoms with Crippen molar-refractivity contribution in [3.63, 3.8) is 0 Å². The molecular weight excluding hydrogens is 320 g/mol. The SMILES string of the molecule is CCCn1nc(C(=O)N/N=C(\C)c2ccco2)c2ccccc2c1=O. The lowest BCUT2D eigenvalue weighted by Crippen LogP contribution is -2.29. The zero-order valence-electron chi connectivity index (χ0n) is 14.0. The minimum Gasteiger partial charge on any atom is -0.463 e. The lowest BCUT2D eigenvalue weighted by molar-refractivity contribution is 0.0949. The topological polar surface area (TPSA) is 89.5 Å². The van der Waals surface area contributed by atoms with Crippen LogP contribution in [0.1, 0.15) is 36.5 Å². The van der Waals surface area contributed by atoms with Crippen LogP contribution in [0.4, 0.5) is 0 Å². The summed E-state index contributed by atoms with van der Waals surface area (Å²) in [6.07, 6.45) is 2.27. The van der Waals surface area contributed by atoms with Gasteiger partial charge in [-0.3, -0.25) is 9.59 Å². The van der Waals surface area contributed by atoms with E-state index in [4.69, 9.17) is 4.42 Å². The Morgan fingerprint density at radius 2 is 2.00 bits per heavy atom. The molecule has 7 nitrogen and oxygen atoms in total. The average molecular weight is 338 g/mol. The Morgan fingerprint density at radius 3 is 2.68 bits per heavy atom. The molecule has 25 heavy (non-hydrogen) atoms. The highest BCUT2D eigenvalue weighted by Gasteiger charge is 2.16. The third-order valence-corrected chi connectivity index (χ3v) is 3.72. The van der Waals surface area contributed by atoms with Crippen molar-refractivity contribution in [1.29, 1.82) is 0 Å². The van der Waals surface area contributed by atoms with Crippen LogP contribution in [0.25, 0.3) is 10.8 Å². The molecule has 0 fully saturated rings. The van der Waals surface area contributed by atoms with Crippen LogP contribution in [0.3, 0.4) is 0 Å². The number of furan rings is 1. The Labute approximate surface area is 144 Å². The van der Waals surface area contributed by atoms with Gasteiger partial charge in [0, 0.05) is 11.9 Å². The Bertz CT molecular complexity index is 987. The minimum absolute atomic E-state index is 0.166. The molecular formula is C18H18N4O3. The van der Waals surface area contributed by atoms with Crippen molar-refractivity contribution < 1.29 is 9.21 Å². The van der Waals surface area contributed by atoms with Gasteiger partial charge in [-0.15, -0.1) is 0 Å². The van der Waals surface area contributed by atoms with Crippen LogP contribution < -0.4 is 11.0 Å². The van der Waals surface area contributed by atoms with Crippen LogP contribution in [0.2, 0.25) is 0 Å². The van der Waals surface area contributed by atoms with Crippen molar-refractivity contribution in [2.24, 2.45) is 5.10 Å². The van der Waals surface area contributed by atoms with E-state index in [2.05, 4.69) is 15.6 Å². The number of nitrogens with zero attached hydrogens (tertiary/aromatic N) is 3. The highest BCUT2D eigenvalue weighted by Crippen LogP contribution is 2.13. The number of fused-ring (bicyclic) bond motifs is 1. The molecule has 3 rings (SSSR count). The van der Waals surface area contributed by atoms with Crippen molar-refractivity contribution in [3.05, 3.63) is 64.5 Å². The molecule has 0 aliphatic heterocycles. The van der Waals surface area contributed by atoms with E-state index in [1.54, 1.807) is 43.3 Å². The van der Waals surface area contributed by atoms with Crippen LogP contribution in [0, 0.1) is 0 Å². The molecule has 0 aliphatic rings. The van der Waals surface area contributed by atoms with Gasteiger partial charge in [0.2, 0.25) is 0 Å². The molecule has 1 aromatic carbocycles. The second-order valence-corrected chi connectivity index (χ2v) is 5.54. The van der Waals surface area contributed by atoms with E-state index in [1.165, 1.54) is 10.9 Å². The molecule has 0 spiro atoms. The van der Waals surface area contributed by atoms with Crippen molar-refractivity contribution in [1.82, 2.24) is 15.2 Å². The van der Waals surface area contributed by atoms with E-state index < -0.39 is 5.91 Å². The smallest absolute Gasteiger partial charge is 0.292 e. The summed E-state index contributed by atoms with van der Waals surface area (Å²) in [5.74, 6) is 0.0843. The highest BCUT2D eigenvalue weighted by atomic mass is 16.3. The van der Waals surface area contributed by atoms with Crippen LogP contribution in [-0.2, 0) is 6.54 Å². The summed E-state index contributed by atoms with van der Waals surface area (Å²) >= 11 is 0. The first-order valence-electron chi connectivity index (χ1n) is 8.00. The molecule has 3 aromatic rings. The van der Waals surface area contributed by atoms with E-state index >= 15 is 0 Å². The fourth-order valence-corrected chi connectivity index (χ4v) is 2.49. The van der Waals surface area contributed by atoms with Crippen LogP contribution in [0.5, 0.6) is 0 Å². The van der Waals surface area contributed by atoms with Crippen LogP contribution >= 0.6 is 0 Å². The summed E-state index contributed by atoms with van der Waals surface area (Å²) in [5.41, 5.74) is 2.97. The number of aromatic nitrogens is 2. The Morgan fingerprint density at radius 1 is 1.24 bits per heavy atom. The number of carbonyl (C=O) groups is 1. The van der Waals surface area contributed by atoms with Gasteiger partial charge < -0.3 is 4.42 Å². The fourth-order valence-electron chi connectivity index (χ4n) is 2.49. The number of rotatable bonds is 5. The predicted molar refractivity (Wildman–Crippen MR) is 94.7 cm³/mol. The molecule has 7 heteroatoms. The molecule has 0 atom stereocenters. The van der Waals surface area contributed by atoms with E-state index in [0.717, 1.165) is 6.42 Å². The first kappa shape index (κ1) is 16.6. The molecule has 2 aromatic heterocycles. The number of carbonyl (C=O) groups excluding carboxylic acids is 1. The van der Waals surface area contributed by atoms with Crippen LogP contribution in [-0.4, -0.2) is 21.4 Å². The van der Waals surface area contributed by atoms with Gasteiger partial charge in [0.05, 0.1) is 11.6 Å². The van der Waals surface area contributed by atoms with E-state index in [0.29, 0.717) is 28.8 Å². The zero-order chi connectivity index (χ0) is 17.8. The van der Waals surface area contributed by atoms with Gasteiger partial charge in [-0.1, -0.05) is 25.1 Å². The number of benzene rings is 1. The monoisotopic (exact) mass is 338 g/mol. The largest absolute Gasteiger partial charge is 0.463 e. The average Bonchev–Trinajstić information content (AvgIpc) is 3.17. The lowest BCUT2D eigenvalue weighted by atomic mass is 10.1. The second kappa shape index (κ2) is 7.12. The Balaban J connectivity index is 1.99. The number of hydrogen-bond acceptors (Lipinski definition) is 5. The minimum atomic E-state index is -0.480. The quantitative estimate of drug-likeness (QED) is 0.572. The Kier molecular flexibility index (Phi) is 4.74. The van der Waals surface area contributed by atoms with Crippen LogP contribution in [0.15, 0.2) is 57.0 Å². The summed E-state index contributed by atoms with van der Waals surface area (Å²) in [5, 5.41) is 9.24. The molecule has 1 amide bonds. The zero-order valence-corrected chi connectivity index (χ0v) is 14.0. The number of hydrogen-bond donors (Lipinski definition) is 1. The molecule has 0 aliphatic carbocycles. The third kappa shape index (κ3) is 3.35. The summed E-state index contributed by atoms with van der Waals surface area (Å²) in [6, 6.07) is 10.4.